The standard InChI is InChI=1S/5C17H18F3NO/c5*1-21-12-11-16(13-5-3-2-4-6-13)22-15-9-7-14(8-10-15)17(18,19)20/h5*2-10,16,21H,11-12H2,1H3/i1D3,2D,3D,4D,5D,6D,11D2;1D3,2D,3D,4D,5D,6D;1D3,11D2,12D2,16D;1D3,12D2,16D;1D3,11D2,16D. The molecular formula is C85H90F15N5O5. The summed E-state index contributed by atoms with van der Waals surface area (Å²) in [6.07, 6.45) is -42.8. The number of halogens is 15. The van der Waals surface area contributed by atoms with Crippen molar-refractivity contribution < 1.29 is 142 Å². The second kappa shape index (κ2) is 45.2. The van der Waals surface area contributed by atoms with E-state index in [1.165, 1.54) is 53.8 Å². The van der Waals surface area contributed by atoms with Crippen LogP contribution < -0.4 is 50.3 Å². The van der Waals surface area contributed by atoms with Crippen LogP contribution in [0.1, 0.15) is 170 Å². The molecule has 0 spiro atoms. The van der Waals surface area contributed by atoms with Gasteiger partial charge in [0, 0.05) is 66.2 Å². The highest BCUT2D eigenvalue weighted by Crippen LogP contribution is 2.38. The van der Waals surface area contributed by atoms with E-state index in [9.17, 15) is 65.9 Å². The third-order valence-electron chi connectivity index (χ3n) is 13.7. The van der Waals surface area contributed by atoms with Gasteiger partial charge in [0.25, 0.3) is 0 Å². The molecule has 0 aliphatic carbocycles. The maximum absolute atomic E-state index is 12.8. The van der Waals surface area contributed by atoms with Gasteiger partial charge in [-0.15, -0.1) is 0 Å². The Bertz CT molecular complexity index is 5910. The largest absolute Gasteiger partial charge is 0.486 e. The predicted molar refractivity (Wildman–Crippen MR) is 399 cm³/mol. The van der Waals surface area contributed by atoms with Crippen molar-refractivity contribution in [2.45, 2.75) is 93.3 Å². The second-order valence-electron chi connectivity index (χ2n) is 21.4. The van der Waals surface area contributed by atoms with Gasteiger partial charge in [-0.05, 0) is 217 Å². The third kappa shape index (κ3) is 31.9. The molecule has 5 atom stereocenters. The van der Waals surface area contributed by atoms with Gasteiger partial charge in [-0.2, -0.15) is 65.9 Å². The van der Waals surface area contributed by atoms with E-state index in [0.29, 0.717) is 24.3 Å². The molecule has 0 heterocycles. The fourth-order valence-corrected chi connectivity index (χ4v) is 8.57. The molecule has 0 radical (unpaired) electrons. The Morgan fingerprint density at radius 2 is 0.573 bits per heavy atom. The summed E-state index contributed by atoms with van der Waals surface area (Å²) in [5.41, 5.74) is -5.41. The molecular weight excluding hydrogens is 1460 g/mol. The lowest BCUT2D eigenvalue weighted by molar-refractivity contribution is -0.138. The smallest absolute Gasteiger partial charge is 0.416 e. The molecule has 0 aliphatic rings. The summed E-state index contributed by atoms with van der Waals surface area (Å²) >= 11 is 0. The molecule has 0 fully saturated rings. The number of ether oxygens (including phenoxy) is 5. The monoisotopic (exact) mass is 1580 g/mol. The first kappa shape index (κ1) is 47.9. The number of hydrogen-bond donors (Lipinski definition) is 5. The van der Waals surface area contributed by atoms with Crippen LogP contribution in [0.3, 0.4) is 0 Å². The lowest BCUT2D eigenvalue weighted by Crippen LogP contribution is -2.16. The quantitative estimate of drug-likeness (QED) is 0.0280. The van der Waals surface area contributed by atoms with Crippen LogP contribution in [0.15, 0.2) is 273 Å². The Labute approximate surface area is 685 Å². The highest BCUT2D eigenvalue weighted by atomic mass is 19.4. The van der Waals surface area contributed by atoms with Crippen molar-refractivity contribution in [2.24, 2.45) is 0 Å². The van der Waals surface area contributed by atoms with Gasteiger partial charge in [-0.25, -0.2) is 0 Å². The lowest BCUT2D eigenvalue weighted by atomic mass is 10.1. The number of rotatable bonds is 30. The van der Waals surface area contributed by atoms with Crippen molar-refractivity contribution >= 4 is 0 Å². The second-order valence-corrected chi connectivity index (χ2v) is 21.4. The van der Waals surface area contributed by atoms with Crippen LogP contribution in [0.4, 0.5) is 65.9 Å². The van der Waals surface area contributed by atoms with Crippen LogP contribution in [0.5, 0.6) is 28.7 Å². The summed E-state index contributed by atoms with van der Waals surface area (Å²) in [6.45, 7) is -21.3. The topological polar surface area (TPSA) is 106 Å². The van der Waals surface area contributed by atoms with Gasteiger partial charge in [0.15, 0.2) is 0 Å². The van der Waals surface area contributed by atoms with Crippen molar-refractivity contribution in [1.82, 2.24) is 26.6 Å². The van der Waals surface area contributed by atoms with Crippen molar-refractivity contribution in [3.63, 3.8) is 0 Å². The lowest BCUT2D eigenvalue weighted by Gasteiger charge is -2.20. The molecule has 10 aromatic rings. The molecule has 590 valence electrons. The number of alkyl halides is 15. The minimum atomic E-state index is -4.64. The van der Waals surface area contributed by atoms with Crippen molar-refractivity contribution in [2.75, 3.05) is 67.5 Å². The summed E-state index contributed by atoms with van der Waals surface area (Å²) in [5, 5.41) is 9.57. The van der Waals surface area contributed by atoms with Gasteiger partial charge in [-0.3, -0.25) is 0 Å². The van der Waals surface area contributed by atoms with Crippen molar-refractivity contribution in [3.8, 4) is 28.7 Å². The maximum atomic E-state index is 12.8. The van der Waals surface area contributed by atoms with E-state index in [1.54, 1.807) is 42.5 Å². The van der Waals surface area contributed by atoms with E-state index < -0.39 is 242 Å². The molecule has 10 nitrogen and oxygen atoms in total. The molecule has 0 amide bonds. The SMILES string of the molecule is [2H]C([2H])([2H])NC([2H])([2H])C([2H])([2H])C([2H])(Oc1ccc(C(F)(F)F)cc1)c1ccccc1.[2H]C([2H])([2H])NC([2H])([2H])CC([2H])(Oc1ccc(C(F)(F)F)cc1)c1ccccc1.[2H]C([2H])([2H])NCC([2H])([2H])C([2H])(Oc1ccc(C(F)(F)F)cc1)c1ccccc1.[2H]c1c([2H])c([2H])c(C(CCNC([2H])([2H])[2H])Oc2ccc(C(F)(F)F)cc2)c([2H])c1[2H].[2H]c1c([2H])c([2H])c(C(Oc2ccc(C(F)(F)F)cc2)C([2H])([2H])CNC([2H])([2H])[2H])c([2H])c1[2H]. The number of nitrogens with one attached hydrogen (secondary N) is 5. The van der Waals surface area contributed by atoms with E-state index in [4.69, 9.17) is 75.8 Å². The normalized spacial score (nSPS) is 20.0. The van der Waals surface area contributed by atoms with Crippen LogP contribution in [0.25, 0.3) is 0 Å². The fourth-order valence-electron chi connectivity index (χ4n) is 8.57. The van der Waals surface area contributed by atoms with E-state index in [1.807, 2.05) is 16.0 Å². The third-order valence-corrected chi connectivity index (χ3v) is 13.7. The molecule has 25 heteroatoms. The summed E-state index contributed by atoms with van der Waals surface area (Å²) in [4.78, 5) is 0. The first-order chi connectivity index (χ1) is 67.1. The van der Waals surface area contributed by atoms with Crippen LogP contribution in [-0.2, 0) is 30.9 Å². The minimum Gasteiger partial charge on any atom is -0.486 e. The molecule has 0 aromatic heterocycles. The molecule has 5 N–H and O–H groups in total. The Morgan fingerprint density at radius 1 is 0.291 bits per heavy atom. The molecule has 5 unspecified atom stereocenters. The predicted octanol–water partition coefficient (Wildman–Crippen LogP) is 22.2. The summed E-state index contributed by atoms with van der Waals surface area (Å²) in [7, 11) is 0. The maximum Gasteiger partial charge on any atom is 0.416 e. The van der Waals surface area contributed by atoms with Gasteiger partial charge in [0.1, 0.15) is 59.2 Å². The number of benzene rings is 10. The summed E-state index contributed by atoms with van der Waals surface area (Å²) in [5.74, 6) is -0.905. The fraction of sp³-hybridized carbons (Fsp3) is 0.294. The molecule has 10 rings (SSSR count). The van der Waals surface area contributed by atoms with Crippen molar-refractivity contribution in [3.05, 3.63) is 328 Å². The first-order valence-electron chi connectivity index (χ1n) is 50.5. The Morgan fingerprint density at radius 3 is 0.918 bits per heavy atom. The highest BCUT2D eigenvalue weighted by molar-refractivity contribution is 5.35. The average Bonchev–Trinajstić information content (AvgIpc) is 0.734. The van der Waals surface area contributed by atoms with E-state index in [-0.39, 0.29) is 64.0 Å². The molecule has 110 heavy (non-hydrogen) atoms. The van der Waals surface area contributed by atoms with E-state index in [2.05, 4.69) is 5.32 Å². The molecule has 0 saturated carbocycles. The van der Waals surface area contributed by atoms with E-state index >= 15 is 0 Å². The molecule has 0 aliphatic heterocycles. The van der Waals surface area contributed by atoms with Crippen LogP contribution >= 0.6 is 0 Å². The zero-order valence-electron chi connectivity index (χ0n) is 94.6. The van der Waals surface area contributed by atoms with Crippen molar-refractivity contribution in [1.29, 1.82) is 0 Å². The van der Waals surface area contributed by atoms with Crippen LogP contribution in [-0.4, -0.2) is 67.5 Å². The van der Waals surface area contributed by atoms with Gasteiger partial charge in [-0.1, -0.05) is 151 Å². The first-order valence-corrected chi connectivity index (χ1v) is 31.5. The minimum absolute atomic E-state index is 0.0336. The molecule has 10 aromatic carbocycles. The molecule has 0 saturated heterocycles. The Hall–Kier alpha value is -10.1. The molecule has 0 bridgehead atoms. The van der Waals surface area contributed by atoms with E-state index in [0.717, 1.165) is 97.1 Å². The Kier molecular flexibility index (Phi) is 19.7. The van der Waals surface area contributed by atoms with Crippen LogP contribution in [0, 0.1) is 0 Å². The average molecular weight is 1580 g/mol. The zero-order valence-corrected chi connectivity index (χ0v) is 56.6. The zero-order chi connectivity index (χ0) is 113. The highest BCUT2D eigenvalue weighted by Gasteiger charge is 2.34. The van der Waals surface area contributed by atoms with Crippen LogP contribution in [0.2, 0.25) is 0 Å². The number of hydrogen-bond acceptors (Lipinski definition) is 10. The summed E-state index contributed by atoms with van der Waals surface area (Å²) < 4.78 is 513. The Balaban J connectivity index is 0.000000283. The van der Waals surface area contributed by atoms with Gasteiger partial charge in [0.2, 0.25) is 0 Å². The van der Waals surface area contributed by atoms with Gasteiger partial charge >= 0.3 is 30.9 Å². The van der Waals surface area contributed by atoms with Gasteiger partial charge in [0.05, 0.1) is 45.6 Å². The summed E-state index contributed by atoms with van der Waals surface area (Å²) in [6, 6.07) is 32.6. The van der Waals surface area contributed by atoms with Gasteiger partial charge < -0.3 is 50.3 Å².